The summed E-state index contributed by atoms with van der Waals surface area (Å²) in [5, 5.41) is 14.4. The average Bonchev–Trinajstić information content (AvgIpc) is 3.07. The first-order valence-electron chi connectivity index (χ1n) is 8.26. The van der Waals surface area contributed by atoms with Gasteiger partial charge in [0.25, 0.3) is 0 Å². The van der Waals surface area contributed by atoms with Gasteiger partial charge in [0.1, 0.15) is 6.33 Å². The van der Waals surface area contributed by atoms with Gasteiger partial charge in [0.15, 0.2) is 23.3 Å². The van der Waals surface area contributed by atoms with Crippen molar-refractivity contribution in [3.8, 4) is 17.2 Å². The van der Waals surface area contributed by atoms with Crippen LogP contribution in [0, 0.1) is 0 Å². The van der Waals surface area contributed by atoms with Crippen molar-refractivity contribution in [2.75, 3.05) is 27.9 Å². The summed E-state index contributed by atoms with van der Waals surface area (Å²) in [5.41, 5.74) is 0.940. The van der Waals surface area contributed by atoms with Gasteiger partial charge < -0.3 is 29.4 Å². The van der Waals surface area contributed by atoms with Crippen molar-refractivity contribution in [2.45, 2.75) is 20.0 Å². The zero-order chi connectivity index (χ0) is 18.9. The van der Waals surface area contributed by atoms with E-state index in [4.69, 9.17) is 14.2 Å². The van der Waals surface area contributed by atoms with Gasteiger partial charge in [0.2, 0.25) is 5.75 Å². The number of aryl methyl sites for hydroxylation is 1. The Labute approximate surface area is 153 Å². The van der Waals surface area contributed by atoms with Gasteiger partial charge in [-0.3, -0.25) is 0 Å². The minimum Gasteiger partial charge on any atom is -0.493 e. The van der Waals surface area contributed by atoms with E-state index < -0.39 is 0 Å². The quantitative estimate of drug-likeness (QED) is 0.536. The molecule has 1 aromatic heterocycles. The molecule has 0 bridgehead atoms. The molecule has 2 aromatic rings. The van der Waals surface area contributed by atoms with Gasteiger partial charge in [0.05, 0.1) is 34.4 Å². The summed E-state index contributed by atoms with van der Waals surface area (Å²) in [6.45, 7) is 3.74. The molecule has 2 N–H and O–H groups in total. The fourth-order valence-electron chi connectivity index (χ4n) is 2.37. The van der Waals surface area contributed by atoms with Gasteiger partial charge in [-0.2, -0.15) is 0 Å². The second-order valence-electron chi connectivity index (χ2n) is 5.44. The first-order valence-corrected chi connectivity index (χ1v) is 8.26. The minimum atomic E-state index is 0.449. The van der Waals surface area contributed by atoms with Gasteiger partial charge >= 0.3 is 0 Å². The summed E-state index contributed by atoms with van der Waals surface area (Å²) in [6, 6.07) is 3.77. The van der Waals surface area contributed by atoms with Gasteiger partial charge in [-0.1, -0.05) is 0 Å². The molecule has 0 radical (unpaired) electrons. The monoisotopic (exact) mass is 362 g/mol. The van der Waals surface area contributed by atoms with Crippen molar-refractivity contribution in [1.82, 2.24) is 25.4 Å². The minimum absolute atomic E-state index is 0.449. The molecule has 0 spiro atoms. The zero-order valence-corrected chi connectivity index (χ0v) is 15.9. The Bertz CT molecular complexity index is 719. The summed E-state index contributed by atoms with van der Waals surface area (Å²) in [4.78, 5) is 4.60. The molecule has 26 heavy (non-hydrogen) atoms. The van der Waals surface area contributed by atoms with E-state index >= 15 is 0 Å². The molecule has 0 saturated carbocycles. The highest BCUT2D eigenvalue weighted by Gasteiger charge is 2.13. The molecule has 0 atom stereocenters. The normalized spacial score (nSPS) is 11.2. The smallest absolute Gasteiger partial charge is 0.203 e. The third-order valence-electron chi connectivity index (χ3n) is 3.71. The molecule has 0 aliphatic rings. The lowest BCUT2D eigenvalue weighted by Gasteiger charge is -2.14. The molecule has 1 heterocycles. The fourth-order valence-corrected chi connectivity index (χ4v) is 2.37. The van der Waals surface area contributed by atoms with E-state index in [1.165, 1.54) is 0 Å². The number of rotatable bonds is 8. The van der Waals surface area contributed by atoms with E-state index in [0.29, 0.717) is 36.3 Å². The van der Waals surface area contributed by atoms with E-state index in [0.717, 1.165) is 17.9 Å². The van der Waals surface area contributed by atoms with Crippen LogP contribution in [0.1, 0.15) is 18.3 Å². The number of benzene rings is 1. The Morgan fingerprint density at radius 2 is 1.81 bits per heavy atom. The molecule has 0 fully saturated rings. The lowest BCUT2D eigenvalue weighted by molar-refractivity contribution is 0.324. The van der Waals surface area contributed by atoms with E-state index in [2.05, 4.69) is 25.8 Å². The Kier molecular flexibility index (Phi) is 7.07. The molecule has 2 rings (SSSR count). The van der Waals surface area contributed by atoms with Crippen molar-refractivity contribution < 1.29 is 14.2 Å². The second-order valence-corrected chi connectivity index (χ2v) is 5.44. The Morgan fingerprint density at radius 3 is 2.31 bits per heavy atom. The molecule has 0 aliphatic heterocycles. The van der Waals surface area contributed by atoms with Crippen molar-refractivity contribution >= 4 is 5.96 Å². The lowest BCUT2D eigenvalue weighted by Crippen LogP contribution is -2.37. The Hall–Kier alpha value is -2.97. The van der Waals surface area contributed by atoms with Crippen LogP contribution >= 0.6 is 0 Å². The molecule has 9 heteroatoms. The van der Waals surface area contributed by atoms with Gasteiger partial charge in [-0.05, 0) is 24.6 Å². The molecule has 142 valence electrons. The predicted octanol–water partition coefficient (Wildman–Crippen LogP) is 1.10. The fraction of sp³-hybridized carbons (Fsp3) is 0.471. The van der Waals surface area contributed by atoms with E-state index in [9.17, 15) is 0 Å². The largest absolute Gasteiger partial charge is 0.493 e. The zero-order valence-electron chi connectivity index (χ0n) is 15.9. The molecule has 1 aromatic carbocycles. The third-order valence-corrected chi connectivity index (χ3v) is 3.71. The van der Waals surface area contributed by atoms with Crippen LogP contribution in [0.2, 0.25) is 0 Å². The van der Waals surface area contributed by atoms with Crippen LogP contribution in [0.3, 0.4) is 0 Å². The van der Waals surface area contributed by atoms with E-state index in [1.807, 2.05) is 30.7 Å². The first-order chi connectivity index (χ1) is 12.6. The Balaban J connectivity index is 2.14. The summed E-state index contributed by atoms with van der Waals surface area (Å²) in [5.74, 6) is 3.28. The highest BCUT2D eigenvalue weighted by molar-refractivity contribution is 5.79. The van der Waals surface area contributed by atoms with Crippen LogP contribution in [0.25, 0.3) is 0 Å². The molecule has 0 unspecified atom stereocenters. The van der Waals surface area contributed by atoms with E-state index in [1.54, 1.807) is 27.7 Å². The highest BCUT2D eigenvalue weighted by Crippen LogP contribution is 2.38. The number of hydrogen-bond acceptors (Lipinski definition) is 6. The molecular formula is C17H26N6O3. The summed E-state index contributed by atoms with van der Waals surface area (Å²) >= 11 is 0. The number of nitrogens with one attached hydrogen (secondary N) is 2. The van der Waals surface area contributed by atoms with Crippen LogP contribution in [0.4, 0.5) is 0 Å². The maximum Gasteiger partial charge on any atom is 0.203 e. The standard InChI is InChI=1S/C17H26N6O3/c1-6-18-17(20-10-15-22-21-11-23(15)2)19-9-12-7-13(24-3)16(26-5)14(8-12)25-4/h7-8,11H,6,9-10H2,1-5H3,(H2,18,19,20). The molecule has 0 amide bonds. The van der Waals surface area contributed by atoms with Crippen molar-refractivity contribution in [3.63, 3.8) is 0 Å². The third kappa shape index (κ3) is 4.78. The number of methoxy groups -OCH3 is 3. The van der Waals surface area contributed by atoms with Crippen molar-refractivity contribution in [1.29, 1.82) is 0 Å². The molecule has 0 saturated heterocycles. The SMILES string of the molecule is CCNC(=NCc1cc(OC)c(OC)c(OC)c1)NCc1nncn1C. The van der Waals surface area contributed by atoms with Gasteiger partial charge in [0, 0.05) is 13.6 Å². The van der Waals surface area contributed by atoms with Crippen LogP contribution in [-0.2, 0) is 20.1 Å². The number of hydrogen-bond donors (Lipinski definition) is 2. The average molecular weight is 362 g/mol. The topological polar surface area (TPSA) is 94.8 Å². The molecule has 0 aliphatic carbocycles. The number of aliphatic imine (C=N–C) groups is 1. The summed E-state index contributed by atoms with van der Waals surface area (Å²) < 4.78 is 18.0. The van der Waals surface area contributed by atoms with Crippen LogP contribution in [-0.4, -0.2) is 48.6 Å². The molecular weight excluding hydrogens is 336 g/mol. The number of nitrogens with zero attached hydrogens (tertiary/aromatic N) is 4. The van der Waals surface area contributed by atoms with Gasteiger partial charge in [-0.25, -0.2) is 4.99 Å². The first kappa shape index (κ1) is 19.4. The second kappa shape index (κ2) is 9.50. The predicted molar refractivity (Wildman–Crippen MR) is 98.8 cm³/mol. The van der Waals surface area contributed by atoms with Crippen molar-refractivity contribution in [3.05, 3.63) is 29.8 Å². The maximum atomic E-state index is 5.38. The number of ether oxygens (including phenoxy) is 3. The lowest BCUT2D eigenvalue weighted by atomic mass is 10.2. The van der Waals surface area contributed by atoms with E-state index in [-0.39, 0.29) is 0 Å². The van der Waals surface area contributed by atoms with Crippen LogP contribution in [0.15, 0.2) is 23.5 Å². The summed E-state index contributed by atoms with van der Waals surface area (Å²) in [6.07, 6.45) is 1.66. The highest BCUT2D eigenvalue weighted by atomic mass is 16.5. The summed E-state index contributed by atoms with van der Waals surface area (Å²) in [7, 11) is 6.67. The van der Waals surface area contributed by atoms with Gasteiger partial charge in [-0.15, -0.1) is 10.2 Å². The maximum absolute atomic E-state index is 5.38. The van der Waals surface area contributed by atoms with Crippen LogP contribution < -0.4 is 24.8 Å². The van der Waals surface area contributed by atoms with Crippen molar-refractivity contribution in [2.24, 2.45) is 12.0 Å². The number of aromatic nitrogens is 3. The number of guanidine groups is 1. The van der Waals surface area contributed by atoms with Crippen LogP contribution in [0.5, 0.6) is 17.2 Å². The Morgan fingerprint density at radius 1 is 1.12 bits per heavy atom. The molecule has 9 nitrogen and oxygen atoms in total.